The zero-order valence-electron chi connectivity index (χ0n) is 12.6. The fourth-order valence-electron chi connectivity index (χ4n) is 2.02. The van der Waals surface area contributed by atoms with Gasteiger partial charge in [0.15, 0.2) is 0 Å². The van der Waals surface area contributed by atoms with Gasteiger partial charge in [0.2, 0.25) is 5.95 Å². The molecule has 0 spiro atoms. The summed E-state index contributed by atoms with van der Waals surface area (Å²) in [5, 5.41) is 6.83. The van der Waals surface area contributed by atoms with Gasteiger partial charge >= 0.3 is 0 Å². The summed E-state index contributed by atoms with van der Waals surface area (Å²) >= 11 is 18.1. The maximum Gasteiger partial charge on any atom is 0.274 e. The van der Waals surface area contributed by atoms with Gasteiger partial charge in [0, 0.05) is 6.20 Å². The smallest absolute Gasteiger partial charge is 0.274 e. The molecule has 2 aromatic carbocycles. The molecule has 0 fully saturated rings. The summed E-state index contributed by atoms with van der Waals surface area (Å²) in [6, 6.07) is 13.6. The fraction of sp³-hybridized carbons (Fsp3) is 0. The van der Waals surface area contributed by atoms with Crippen molar-refractivity contribution in [1.29, 1.82) is 0 Å². The van der Waals surface area contributed by atoms with Crippen LogP contribution < -0.4 is 10.6 Å². The number of carbonyl (C=O) groups is 1. The standard InChI is InChI=1S/C17H11Cl3N4O/c18-10-4-1-2-6-12(10)22-16(25)14-8-9-21-17(24-14)23-13-7-3-5-11(19)15(13)20/h1-9H,(H,22,25)(H,21,23,24). The molecule has 1 aromatic heterocycles. The van der Waals surface area contributed by atoms with E-state index in [9.17, 15) is 4.79 Å². The van der Waals surface area contributed by atoms with E-state index in [0.717, 1.165) is 0 Å². The van der Waals surface area contributed by atoms with Crippen molar-refractivity contribution >= 4 is 58.0 Å². The maximum atomic E-state index is 12.4. The number of carbonyl (C=O) groups excluding carboxylic acids is 1. The van der Waals surface area contributed by atoms with Crippen molar-refractivity contribution in [3.63, 3.8) is 0 Å². The normalized spacial score (nSPS) is 10.4. The van der Waals surface area contributed by atoms with Crippen molar-refractivity contribution in [2.24, 2.45) is 0 Å². The van der Waals surface area contributed by atoms with Gasteiger partial charge < -0.3 is 10.6 Å². The van der Waals surface area contributed by atoms with Crippen LogP contribution in [0.4, 0.5) is 17.3 Å². The fourth-order valence-corrected chi connectivity index (χ4v) is 2.55. The van der Waals surface area contributed by atoms with Crippen LogP contribution in [0.3, 0.4) is 0 Å². The Hall–Kier alpha value is -2.34. The number of hydrogen-bond donors (Lipinski definition) is 2. The van der Waals surface area contributed by atoms with E-state index in [1.54, 1.807) is 42.5 Å². The van der Waals surface area contributed by atoms with Crippen molar-refractivity contribution in [3.05, 3.63) is 75.5 Å². The second kappa shape index (κ2) is 7.70. The van der Waals surface area contributed by atoms with Gasteiger partial charge in [-0.25, -0.2) is 9.97 Å². The number of hydrogen-bond acceptors (Lipinski definition) is 4. The molecule has 1 heterocycles. The average molecular weight is 394 g/mol. The van der Waals surface area contributed by atoms with Crippen LogP contribution in [0.5, 0.6) is 0 Å². The number of rotatable bonds is 4. The number of nitrogens with one attached hydrogen (secondary N) is 2. The maximum absolute atomic E-state index is 12.4. The van der Waals surface area contributed by atoms with E-state index < -0.39 is 5.91 Å². The van der Waals surface area contributed by atoms with Gasteiger partial charge in [-0.15, -0.1) is 0 Å². The minimum absolute atomic E-state index is 0.176. The highest BCUT2D eigenvalue weighted by molar-refractivity contribution is 6.43. The van der Waals surface area contributed by atoms with Crippen LogP contribution in [0.15, 0.2) is 54.7 Å². The molecule has 0 bridgehead atoms. The molecular weight excluding hydrogens is 383 g/mol. The molecule has 0 aliphatic heterocycles. The number of para-hydroxylation sites is 1. The first-order chi connectivity index (χ1) is 12.0. The largest absolute Gasteiger partial charge is 0.323 e. The van der Waals surface area contributed by atoms with Crippen LogP contribution in [-0.2, 0) is 0 Å². The van der Waals surface area contributed by atoms with Crippen LogP contribution in [-0.4, -0.2) is 15.9 Å². The lowest BCUT2D eigenvalue weighted by Gasteiger charge is -2.09. The Bertz CT molecular complexity index is 933. The van der Waals surface area contributed by atoms with Gasteiger partial charge in [0.25, 0.3) is 5.91 Å². The lowest BCUT2D eigenvalue weighted by molar-refractivity contribution is 0.102. The predicted octanol–water partition coefficient (Wildman–Crippen LogP) is 5.43. The molecule has 8 heteroatoms. The Morgan fingerprint density at radius 2 is 1.60 bits per heavy atom. The number of anilines is 3. The van der Waals surface area contributed by atoms with Crippen molar-refractivity contribution in [3.8, 4) is 0 Å². The highest BCUT2D eigenvalue weighted by Gasteiger charge is 2.12. The second-order valence-electron chi connectivity index (χ2n) is 4.93. The van der Waals surface area contributed by atoms with Crippen LogP contribution in [0.1, 0.15) is 10.5 Å². The summed E-state index contributed by atoms with van der Waals surface area (Å²) in [6.07, 6.45) is 1.47. The van der Waals surface area contributed by atoms with E-state index in [1.165, 1.54) is 12.3 Å². The summed E-state index contributed by atoms with van der Waals surface area (Å²) < 4.78 is 0. The highest BCUT2D eigenvalue weighted by atomic mass is 35.5. The molecule has 126 valence electrons. The molecule has 2 N–H and O–H groups in total. The van der Waals surface area contributed by atoms with Crippen molar-refractivity contribution in [2.45, 2.75) is 0 Å². The minimum Gasteiger partial charge on any atom is -0.323 e. The van der Waals surface area contributed by atoms with Crippen molar-refractivity contribution in [2.75, 3.05) is 10.6 Å². The van der Waals surface area contributed by atoms with Gasteiger partial charge in [0.05, 0.1) is 26.4 Å². The lowest BCUT2D eigenvalue weighted by atomic mass is 10.3. The third-order valence-corrected chi connectivity index (χ3v) is 4.36. The van der Waals surface area contributed by atoms with Gasteiger partial charge in [-0.05, 0) is 30.3 Å². The van der Waals surface area contributed by atoms with E-state index >= 15 is 0 Å². The van der Waals surface area contributed by atoms with Crippen LogP contribution in [0, 0.1) is 0 Å². The first kappa shape index (κ1) is 17.5. The minimum atomic E-state index is -0.407. The molecule has 0 aliphatic carbocycles. The Labute approximate surface area is 159 Å². The third kappa shape index (κ3) is 4.20. The lowest BCUT2D eigenvalue weighted by Crippen LogP contribution is -2.15. The number of amides is 1. The molecule has 3 rings (SSSR count). The number of aromatic nitrogens is 2. The Balaban J connectivity index is 1.80. The number of halogens is 3. The molecule has 0 atom stereocenters. The number of nitrogens with zero attached hydrogens (tertiary/aromatic N) is 2. The summed E-state index contributed by atoms with van der Waals surface area (Å²) in [5.41, 5.74) is 1.22. The van der Waals surface area contributed by atoms with Gasteiger partial charge in [-0.1, -0.05) is 53.0 Å². The van der Waals surface area contributed by atoms with E-state index in [4.69, 9.17) is 34.8 Å². The summed E-state index contributed by atoms with van der Waals surface area (Å²) in [5.74, 6) is -0.188. The molecule has 0 radical (unpaired) electrons. The van der Waals surface area contributed by atoms with Crippen LogP contribution in [0.2, 0.25) is 15.1 Å². The Morgan fingerprint density at radius 3 is 2.40 bits per heavy atom. The zero-order chi connectivity index (χ0) is 17.8. The molecule has 1 amide bonds. The molecule has 0 saturated heterocycles. The van der Waals surface area contributed by atoms with Crippen molar-refractivity contribution < 1.29 is 4.79 Å². The van der Waals surface area contributed by atoms with E-state index in [0.29, 0.717) is 26.4 Å². The topological polar surface area (TPSA) is 66.9 Å². The molecule has 0 unspecified atom stereocenters. The van der Waals surface area contributed by atoms with Gasteiger partial charge in [-0.3, -0.25) is 4.79 Å². The quantitative estimate of drug-likeness (QED) is 0.620. The molecule has 25 heavy (non-hydrogen) atoms. The highest BCUT2D eigenvalue weighted by Crippen LogP contribution is 2.30. The monoisotopic (exact) mass is 392 g/mol. The Morgan fingerprint density at radius 1 is 0.880 bits per heavy atom. The average Bonchev–Trinajstić information content (AvgIpc) is 2.61. The third-order valence-electron chi connectivity index (χ3n) is 3.21. The van der Waals surface area contributed by atoms with Gasteiger partial charge in [0.1, 0.15) is 5.69 Å². The molecule has 3 aromatic rings. The van der Waals surface area contributed by atoms with E-state index in [2.05, 4.69) is 20.6 Å². The first-order valence-corrected chi connectivity index (χ1v) is 8.28. The second-order valence-corrected chi connectivity index (χ2v) is 6.12. The molecular formula is C17H11Cl3N4O. The summed E-state index contributed by atoms with van der Waals surface area (Å²) in [7, 11) is 0. The zero-order valence-corrected chi connectivity index (χ0v) is 14.9. The van der Waals surface area contributed by atoms with Gasteiger partial charge in [-0.2, -0.15) is 0 Å². The Kier molecular flexibility index (Phi) is 5.38. The number of benzene rings is 2. The van der Waals surface area contributed by atoms with Crippen LogP contribution >= 0.6 is 34.8 Å². The summed E-state index contributed by atoms with van der Waals surface area (Å²) in [6.45, 7) is 0. The summed E-state index contributed by atoms with van der Waals surface area (Å²) in [4.78, 5) is 20.6. The first-order valence-electron chi connectivity index (χ1n) is 7.14. The predicted molar refractivity (Wildman–Crippen MR) is 101 cm³/mol. The van der Waals surface area contributed by atoms with E-state index in [-0.39, 0.29) is 11.6 Å². The SMILES string of the molecule is O=C(Nc1ccccc1Cl)c1ccnc(Nc2cccc(Cl)c2Cl)n1. The van der Waals surface area contributed by atoms with E-state index in [1.807, 2.05) is 0 Å². The van der Waals surface area contributed by atoms with Crippen molar-refractivity contribution in [1.82, 2.24) is 9.97 Å². The van der Waals surface area contributed by atoms with Crippen LogP contribution in [0.25, 0.3) is 0 Å². The molecule has 0 saturated carbocycles. The molecule has 0 aliphatic rings. The molecule has 5 nitrogen and oxygen atoms in total.